The van der Waals surface area contributed by atoms with Crippen LogP contribution in [0.1, 0.15) is 0 Å². The van der Waals surface area contributed by atoms with Gasteiger partial charge in [0.25, 0.3) is 0 Å². The van der Waals surface area contributed by atoms with E-state index >= 15 is 0 Å². The normalized spacial score (nSPS) is 13.8. The highest BCUT2D eigenvalue weighted by molar-refractivity contribution is 7.99. The number of nitrogens with zero attached hydrogens (tertiary/aromatic N) is 3. The van der Waals surface area contributed by atoms with Gasteiger partial charge in [-0.1, -0.05) is 104 Å². The molecule has 7 heteroatoms. The van der Waals surface area contributed by atoms with Gasteiger partial charge in [-0.25, -0.2) is 4.98 Å². The Bertz CT molecular complexity index is 2000. The van der Waals surface area contributed by atoms with Crippen LogP contribution in [0.4, 0.5) is 17.2 Å². The molecule has 2 aliphatic rings. The second-order valence-corrected chi connectivity index (χ2v) is 16.5. The summed E-state index contributed by atoms with van der Waals surface area (Å²) in [7, 11) is -2.06. The predicted octanol–water partition coefficient (Wildman–Crippen LogP) is 8.80. The lowest BCUT2D eigenvalue weighted by atomic mass is 10.1. The summed E-state index contributed by atoms with van der Waals surface area (Å²) < 4.78 is 13.4. The lowest BCUT2D eigenvalue weighted by Crippen LogP contribution is -2.56. The van der Waals surface area contributed by atoms with Crippen LogP contribution >= 0.6 is 11.8 Å². The van der Waals surface area contributed by atoms with Crippen molar-refractivity contribution in [2.24, 2.45) is 0 Å². The highest BCUT2D eigenvalue weighted by Gasteiger charge is 2.39. The van der Waals surface area contributed by atoms with Crippen molar-refractivity contribution < 1.29 is 9.47 Å². The van der Waals surface area contributed by atoms with Gasteiger partial charge >= 0.3 is 0 Å². The van der Waals surface area contributed by atoms with Crippen molar-refractivity contribution in [2.45, 2.75) is 22.9 Å². The number of para-hydroxylation sites is 4. The molecule has 43 heavy (non-hydrogen) atoms. The van der Waals surface area contributed by atoms with Crippen molar-refractivity contribution in [3.63, 3.8) is 0 Å². The summed E-state index contributed by atoms with van der Waals surface area (Å²) >= 11 is 1.71. The van der Waals surface area contributed by atoms with Gasteiger partial charge in [0.15, 0.2) is 17.3 Å². The number of hydrogen-bond acceptors (Lipinski definition) is 6. The van der Waals surface area contributed by atoms with Gasteiger partial charge in [-0.15, -0.1) is 0 Å². The quantitative estimate of drug-likeness (QED) is 0.190. The van der Waals surface area contributed by atoms with Gasteiger partial charge in [-0.05, 0) is 46.8 Å². The minimum absolute atomic E-state index is 0.677. The Hall–Kier alpha value is -4.85. The summed E-state index contributed by atoms with van der Waals surface area (Å²) in [5.41, 5.74) is 3.60. The van der Waals surface area contributed by atoms with Crippen LogP contribution in [-0.4, -0.2) is 18.0 Å². The Labute approximate surface area is 255 Å². The van der Waals surface area contributed by atoms with Gasteiger partial charge in [-0.2, -0.15) is 0 Å². The molecule has 0 unspecified atom stereocenters. The maximum Gasteiger partial charge on any atom is 0.165 e. The molecule has 1 aromatic heterocycles. The first-order valence-electron chi connectivity index (χ1n) is 14.2. The largest absolute Gasteiger partial charge is 0.455 e. The number of rotatable bonds is 4. The molecule has 0 amide bonds. The van der Waals surface area contributed by atoms with Gasteiger partial charge in [0.05, 0.1) is 39.3 Å². The van der Waals surface area contributed by atoms with Crippen molar-refractivity contribution in [2.75, 3.05) is 4.90 Å². The molecule has 208 valence electrons. The van der Waals surface area contributed by atoms with Crippen molar-refractivity contribution >= 4 is 47.4 Å². The van der Waals surface area contributed by atoms with Gasteiger partial charge in [-0.3, -0.25) is 9.88 Å². The Balaban J connectivity index is 1.33. The zero-order valence-corrected chi connectivity index (χ0v) is 25.5. The topological polar surface area (TPSA) is 47.5 Å². The molecule has 2 aliphatic heterocycles. The van der Waals surface area contributed by atoms with Crippen LogP contribution in [-0.2, 0) is 0 Å². The summed E-state index contributed by atoms with van der Waals surface area (Å²) in [5, 5.41) is 2.54. The van der Waals surface area contributed by atoms with Gasteiger partial charge in [0.2, 0.25) is 0 Å². The summed E-state index contributed by atoms with van der Waals surface area (Å²) in [6, 6.07) is 39.4. The average Bonchev–Trinajstić information content (AvgIpc) is 3.05. The monoisotopic (exact) mass is 593 g/mol. The molecule has 0 spiro atoms. The third kappa shape index (κ3) is 4.31. The van der Waals surface area contributed by atoms with Crippen molar-refractivity contribution in [1.29, 1.82) is 0 Å². The highest BCUT2D eigenvalue weighted by atomic mass is 32.2. The first kappa shape index (κ1) is 25.8. The lowest BCUT2D eigenvalue weighted by Gasteiger charge is -2.36. The second-order valence-electron chi connectivity index (χ2n) is 11.1. The fourth-order valence-corrected chi connectivity index (χ4v) is 9.70. The van der Waals surface area contributed by atoms with Gasteiger partial charge in [0, 0.05) is 5.56 Å². The lowest BCUT2D eigenvalue weighted by molar-refractivity contribution is 0.455. The smallest absolute Gasteiger partial charge is 0.165 e. The third-order valence-corrected chi connectivity index (χ3v) is 12.7. The van der Waals surface area contributed by atoms with Crippen LogP contribution in [0.3, 0.4) is 0 Å². The summed E-state index contributed by atoms with van der Waals surface area (Å²) in [4.78, 5) is 14.1. The van der Waals surface area contributed by atoms with Crippen LogP contribution < -0.4 is 24.7 Å². The zero-order chi connectivity index (χ0) is 29.0. The van der Waals surface area contributed by atoms with Crippen LogP contribution in [0.5, 0.6) is 23.0 Å². The van der Waals surface area contributed by atoms with E-state index < -0.39 is 8.07 Å². The molecule has 8 rings (SSSR count). The number of aromatic nitrogens is 2. The molecule has 5 nitrogen and oxygen atoms in total. The molecule has 0 saturated carbocycles. The minimum atomic E-state index is -2.06. The molecular formula is C36H27N3O2SSi. The summed E-state index contributed by atoms with van der Waals surface area (Å²) in [6.45, 7) is 4.77. The van der Waals surface area contributed by atoms with E-state index in [9.17, 15) is 0 Å². The van der Waals surface area contributed by atoms with Crippen LogP contribution in [0, 0.1) is 0 Å². The molecule has 0 atom stereocenters. The number of hydrogen-bond donors (Lipinski definition) is 0. The van der Waals surface area contributed by atoms with Gasteiger partial charge in [0.1, 0.15) is 19.6 Å². The molecule has 3 heterocycles. The molecule has 6 aromatic rings. The molecule has 0 radical (unpaired) electrons. The fourth-order valence-electron chi connectivity index (χ4n) is 5.91. The van der Waals surface area contributed by atoms with Crippen LogP contribution in [0.15, 0.2) is 137 Å². The van der Waals surface area contributed by atoms with E-state index in [0.717, 1.165) is 55.4 Å². The van der Waals surface area contributed by atoms with E-state index in [1.807, 2.05) is 67.0 Å². The van der Waals surface area contributed by atoms with E-state index in [4.69, 9.17) is 19.4 Å². The Kier molecular flexibility index (Phi) is 6.10. The molecular weight excluding hydrogens is 567 g/mol. The van der Waals surface area contributed by atoms with E-state index in [2.05, 4.69) is 78.7 Å². The fraction of sp³-hybridized carbons (Fsp3) is 0.0556. The maximum atomic E-state index is 6.76. The number of anilines is 3. The molecule has 0 bridgehead atoms. The number of benzene rings is 5. The van der Waals surface area contributed by atoms with Crippen molar-refractivity contribution in [3.8, 4) is 34.3 Å². The second kappa shape index (κ2) is 10.2. The minimum Gasteiger partial charge on any atom is -0.455 e. The molecule has 0 saturated heterocycles. The summed E-state index contributed by atoms with van der Waals surface area (Å²) in [6.07, 6.45) is 3.67. The van der Waals surface area contributed by atoms with E-state index in [1.54, 1.807) is 11.8 Å². The molecule has 5 aromatic carbocycles. The van der Waals surface area contributed by atoms with Crippen LogP contribution in [0.2, 0.25) is 13.1 Å². The first-order chi connectivity index (χ1) is 21.1. The van der Waals surface area contributed by atoms with Gasteiger partial charge < -0.3 is 9.47 Å². The van der Waals surface area contributed by atoms with E-state index in [1.165, 1.54) is 10.4 Å². The number of ether oxygens (including phenoxy) is 2. The number of fused-ring (bicyclic) bond motifs is 4. The summed E-state index contributed by atoms with van der Waals surface area (Å²) in [5.74, 6) is 4.07. The van der Waals surface area contributed by atoms with E-state index in [0.29, 0.717) is 5.82 Å². The van der Waals surface area contributed by atoms with Crippen molar-refractivity contribution in [3.05, 3.63) is 128 Å². The predicted molar refractivity (Wildman–Crippen MR) is 176 cm³/mol. The Morgan fingerprint density at radius 1 is 0.581 bits per heavy atom. The zero-order valence-electron chi connectivity index (χ0n) is 23.7. The first-order valence-corrected chi connectivity index (χ1v) is 18.1. The standard InChI is InChI=1S/C36H27N3O2SSi/c1-43(2)32-20-9-7-17-29(32)41-36-27(15-11-21-33(36)43)39(34-23-37-25(22-38-34)24-12-4-3-5-13-24)26-14-10-19-31-35(26)40-28-16-6-8-18-30(28)42-31/h3-23H,1-2H3. The molecule has 0 aliphatic carbocycles. The van der Waals surface area contributed by atoms with E-state index in [-0.39, 0.29) is 0 Å². The maximum absolute atomic E-state index is 6.76. The average molecular weight is 594 g/mol. The Morgan fingerprint density at radius 3 is 2.05 bits per heavy atom. The highest BCUT2D eigenvalue weighted by Crippen LogP contribution is 2.54. The molecule has 0 fully saturated rings. The SMILES string of the molecule is C[Si]1(C)c2ccccc2Oc2c(N(c3cnc(-c4ccccc4)cn3)c3cccc4c3Oc3ccccc3S4)cccc21. The third-order valence-electron chi connectivity index (χ3n) is 8.10. The molecule has 0 N–H and O–H groups in total. The van der Waals surface area contributed by atoms with Crippen LogP contribution in [0.25, 0.3) is 11.3 Å². The Morgan fingerprint density at radius 2 is 1.23 bits per heavy atom. The van der Waals surface area contributed by atoms with Crippen molar-refractivity contribution in [1.82, 2.24) is 9.97 Å².